The van der Waals surface area contributed by atoms with Gasteiger partial charge >= 0.3 is 0 Å². The lowest BCUT2D eigenvalue weighted by molar-refractivity contribution is -0.119. The Hall–Kier alpha value is -1.46. The van der Waals surface area contributed by atoms with Crippen molar-refractivity contribution < 1.29 is 9.18 Å². The van der Waals surface area contributed by atoms with Crippen molar-refractivity contribution in [1.82, 2.24) is 4.90 Å². The molecule has 0 saturated carbocycles. The highest BCUT2D eigenvalue weighted by Crippen LogP contribution is 2.27. The Bertz CT molecular complexity index is 441. The largest absolute Gasteiger partial charge is 0.370 e. The topological polar surface area (TPSA) is 72.3 Å². The van der Waals surface area contributed by atoms with Crippen LogP contribution >= 0.6 is 0 Å². The quantitative estimate of drug-likeness (QED) is 0.856. The molecular weight excluding hydrogens is 257 g/mol. The summed E-state index contributed by atoms with van der Waals surface area (Å²) in [5.41, 5.74) is 12.2. The third kappa shape index (κ3) is 3.77. The number of nitrogens with zero attached hydrogens (tertiary/aromatic N) is 1. The summed E-state index contributed by atoms with van der Waals surface area (Å²) in [6.07, 6.45) is 2.39. The number of carbonyl (C=O) groups excluding carboxylic acids is 1. The van der Waals surface area contributed by atoms with Gasteiger partial charge in [-0.3, -0.25) is 9.69 Å². The molecule has 0 radical (unpaired) electrons. The van der Waals surface area contributed by atoms with E-state index in [1.165, 1.54) is 12.1 Å². The molecular formula is C15H22FN3O. The molecule has 1 aliphatic rings. The molecule has 110 valence electrons. The van der Waals surface area contributed by atoms with Crippen molar-refractivity contribution in [2.75, 3.05) is 19.6 Å². The van der Waals surface area contributed by atoms with Crippen LogP contribution in [0.4, 0.5) is 4.39 Å². The average molecular weight is 279 g/mol. The van der Waals surface area contributed by atoms with Gasteiger partial charge in [0, 0.05) is 19.0 Å². The third-order valence-electron chi connectivity index (χ3n) is 4.06. The number of benzene rings is 1. The predicted molar refractivity (Wildman–Crippen MR) is 76.3 cm³/mol. The fraction of sp³-hybridized carbons (Fsp3) is 0.533. The number of hydrogen-bond acceptors (Lipinski definition) is 3. The van der Waals surface area contributed by atoms with E-state index in [0.29, 0.717) is 18.9 Å². The van der Waals surface area contributed by atoms with Crippen molar-refractivity contribution in [2.45, 2.75) is 25.3 Å². The van der Waals surface area contributed by atoms with Crippen molar-refractivity contribution in [3.63, 3.8) is 0 Å². The van der Waals surface area contributed by atoms with E-state index in [0.717, 1.165) is 31.5 Å². The molecule has 1 aromatic rings. The molecule has 0 aromatic heterocycles. The molecule has 1 saturated heterocycles. The van der Waals surface area contributed by atoms with Gasteiger partial charge in [0.15, 0.2) is 0 Å². The first-order valence-electron chi connectivity index (χ1n) is 7.08. The van der Waals surface area contributed by atoms with Crippen LogP contribution < -0.4 is 11.5 Å². The van der Waals surface area contributed by atoms with E-state index in [9.17, 15) is 9.18 Å². The first-order chi connectivity index (χ1) is 9.60. The van der Waals surface area contributed by atoms with Gasteiger partial charge in [0.2, 0.25) is 5.91 Å². The Kier molecular flexibility index (Phi) is 5.09. The highest BCUT2D eigenvalue weighted by Gasteiger charge is 2.26. The standard InChI is InChI=1S/C15H22FN3O/c16-13-3-1-12(2-4-13)14(10-17)19-7-5-11(6-8-19)9-15(18)20/h1-4,11,14H,5-10,17H2,(H2,18,20). The molecule has 1 unspecified atom stereocenters. The maximum atomic E-state index is 13.0. The molecule has 1 amide bonds. The first kappa shape index (κ1) is 14.9. The number of primary amides is 1. The maximum Gasteiger partial charge on any atom is 0.217 e. The molecule has 0 spiro atoms. The molecule has 0 bridgehead atoms. The molecule has 5 heteroatoms. The van der Waals surface area contributed by atoms with E-state index in [4.69, 9.17) is 11.5 Å². The summed E-state index contributed by atoms with van der Waals surface area (Å²) in [6.45, 7) is 2.31. The Labute approximate surface area is 118 Å². The Morgan fingerprint density at radius 3 is 2.40 bits per heavy atom. The van der Waals surface area contributed by atoms with Gasteiger partial charge in [-0.1, -0.05) is 12.1 Å². The van der Waals surface area contributed by atoms with Crippen LogP contribution in [-0.2, 0) is 4.79 Å². The number of likely N-dealkylation sites (tertiary alicyclic amines) is 1. The Balaban J connectivity index is 1.96. The molecule has 0 aliphatic carbocycles. The van der Waals surface area contributed by atoms with Crippen LogP contribution in [-0.4, -0.2) is 30.4 Å². The average Bonchev–Trinajstić information content (AvgIpc) is 2.43. The van der Waals surface area contributed by atoms with Crippen LogP contribution in [0.1, 0.15) is 30.9 Å². The minimum Gasteiger partial charge on any atom is -0.370 e. The van der Waals surface area contributed by atoms with Crippen molar-refractivity contribution in [2.24, 2.45) is 17.4 Å². The van der Waals surface area contributed by atoms with Gasteiger partial charge < -0.3 is 11.5 Å². The van der Waals surface area contributed by atoms with Crippen LogP contribution in [0.2, 0.25) is 0 Å². The Morgan fingerprint density at radius 1 is 1.30 bits per heavy atom. The van der Waals surface area contributed by atoms with E-state index in [1.807, 2.05) is 0 Å². The lowest BCUT2D eigenvalue weighted by Crippen LogP contribution is -2.40. The summed E-state index contributed by atoms with van der Waals surface area (Å²) in [6, 6.07) is 6.64. The summed E-state index contributed by atoms with van der Waals surface area (Å²) in [5, 5.41) is 0. The summed E-state index contributed by atoms with van der Waals surface area (Å²) in [4.78, 5) is 13.3. The van der Waals surface area contributed by atoms with Crippen LogP contribution in [0.25, 0.3) is 0 Å². The zero-order valence-electron chi connectivity index (χ0n) is 11.6. The predicted octanol–water partition coefficient (Wildman–Crippen LogP) is 1.41. The molecule has 20 heavy (non-hydrogen) atoms. The molecule has 2 rings (SSSR count). The van der Waals surface area contributed by atoms with Crippen LogP contribution in [0.15, 0.2) is 24.3 Å². The summed E-state index contributed by atoms with van der Waals surface area (Å²) < 4.78 is 13.0. The molecule has 4 nitrogen and oxygen atoms in total. The second-order valence-electron chi connectivity index (χ2n) is 5.45. The fourth-order valence-corrected chi connectivity index (χ4v) is 2.93. The number of halogens is 1. The van der Waals surface area contributed by atoms with Gasteiger partial charge in [-0.05, 0) is 49.5 Å². The number of nitrogens with two attached hydrogens (primary N) is 2. The van der Waals surface area contributed by atoms with E-state index in [1.54, 1.807) is 12.1 Å². The van der Waals surface area contributed by atoms with Crippen molar-refractivity contribution >= 4 is 5.91 Å². The van der Waals surface area contributed by atoms with E-state index >= 15 is 0 Å². The lowest BCUT2D eigenvalue weighted by atomic mass is 9.91. The smallest absolute Gasteiger partial charge is 0.217 e. The second-order valence-corrected chi connectivity index (χ2v) is 5.45. The monoisotopic (exact) mass is 279 g/mol. The zero-order valence-corrected chi connectivity index (χ0v) is 11.6. The highest BCUT2D eigenvalue weighted by atomic mass is 19.1. The van der Waals surface area contributed by atoms with Crippen LogP contribution in [0.5, 0.6) is 0 Å². The van der Waals surface area contributed by atoms with Gasteiger partial charge in [0.05, 0.1) is 0 Å². The van der Waals surface area contributed by atoms with Crippen LogP contribution in [0, 0.1) is 11.7 Å². The summed E-state index contributed by atoms with van der Waals surface area (Å²) in [5.74, 6) is -0.0718. The molecule has 1 heterocycles. The molecule has 1 aliphatic heterocycles. The Morgan fingerprint density at radius 2 is 1.90 bits per heavy atom. The van der Waals surface area contributed by atoms with E-state index in [2.05, 4.69) is 4.90 Å². The second kappa shape index (κ2) is 6.81. The fourth-order valence-electron chi connectivity index (χ4n) is 2.93. The maximum absolute atomic E-state index is 13.0. The SMILES string of the molecule is NCC(c1ccc(F)cc1)N1CCC(CC(N)=O)CC1. The van der Waals surface area contributed by atoms with Gasteiger partial charge in [0.1, 0.15) is 5.82 Å². The van der Waals surface area contributed by atoms with Crippen LogP contribution in [0.3, 0.4) is 0 Å². The van der Waals surface area contributed by atoms with Crippen molar-refractivity contribution in [3.05, 3.63) is 35.6 Å². The first-order valence-corrected chi connectivity index (χ1v) is 7.08. The zero-order chi connectivity index (χ0) is 14.5. The number of amides is 1. The van der Waals surface area contributed by atoms with Gasteiger partial charge in [-0.25, -0.2) is 4.39 Å². The molecule has 1 fully saturated rings. The number of hydrogen-bond donors (Lipinski definition) is 2. The lowest BCUT2D eigenvalue weighted by Gasteiger charge is -2.37. The minimum atomic E-state index is -0.232. The number of piperidine rings is 1. The minimum absolute atomic E-state index is 0.116. The molecule has 1 atom stereocenters. The van der Waals surface area contributed by atoms with Crippen molar-refractivity contribution in [1.29, 1.82) is 0 Å². The van der Waals surface area contributed by atoms with Gasteiger partial charge in [-0.15, -0.1) is 0 Å². The summed E-state index contributed by atoms with van der Waals surface area (Å²) in [7, 11) is 0. The normalized spacial score (nSPS) is 18.9. The van der Waals surface area contributed by atoms with Crippen molar-refractivity contribution in [3.8, 4) is 0 Å². The highest BCUT2D eigenvalue weighted by molar-refractivity contribution is 5.73. The molecule has 1 aromatic carbocycles. The van der Waals surface area contributed by atoms with Gasteiger partial charge in [0.25, 0.3) is 0 Å². The van der Waals surface area contributed by atoms with E-state index in [-0.39, 0.29) is 17.8 Å². The number of rotatable bonds is 5. The van der Waals surface area contributed by atoms with E-state index < -0.39 is 0 Å². The molecule has 4 N–H and O–H groups in total. The third-order valence-corrected chi connectivity index (χ3v) is 4.06. The van der Waals surface area contributed by atoms with Gasteiger partial charge in [-0.2, -0.15) is 0 Å². The summed E-state index contributed by atoms with van der Waals surface area (Å²) >= 11 is 0. The number of carbonyl (C=O) groups is 1.